The summed E-state index contributed by atoms with van der Waals surface area (Å²) in [5.74, 6) is 1.40. The monoisotopic (exact) mass is 325 g/mol. The van der Waals surface area contributed by atoms with Gasteiger partial charge < -0.3 is 4.74 Å². The highest BCUT2D eigenvalue weighted by Crippen LogP contribution is 2.18. The molecule has 116 valence electrons. The second-order valence-electron chi connectivity index (χ2n) is 4.62. The third-order valence-corrected chi connectivity index (χ3v) is 3.38. The van der Waals surface area contributed by atoms with E-state index in [1.54, 1.807) is 23.3 Å². The standard InChI is InChI=1S/C16H15N5OS/c1-2-22-14-6-4-3-5-13(14)11-18-21-15(19-20-16(21)23)12-7-9-17-10-8-12/h3-11H,2H2,1H3,(H,20,23)/b18-11+. The van der Waals surface area contributed by atoms with E-state index in [1.165, 1.54) is 0 Å². The maximum Gasteiger partial charge on any atom is 0.216 e. The zero-order valence-electron chi connectivity index (χ0n) is 12.5. The Hall–Kier alpha value is -2.80. The lowest BCUT2D eigenvalue weighted by molar-refractivity contribution is 0.340. The van der Waals surface area contributed by atoms with Gasteiger partial charge in [0.2, 0.25) is 4.77 Å². The Labute approximate surface area is 138 Å². The number of hydrogen-bond donors (Lipinski definition) is 1. The summed E-state index contributed by atoms with van der Waals surface area (Å²) in [6, 6.07) is 11.4. The van der Waals surface area contributed by atoms with Gasteiger partial charge in [-0.05, 0) is 43.4 Å². The maximum atomic E-state index is 5.59. The Balaban J connectivity index is 1.98. The zero-order chi connectivity index (χ0) is 16.1. The van der Waals surface area contributed by atoms with Crippen LogP contribution >= 0.6 is 12.2 Å². The molecule has 1 N–H and O–H groups in total. The minimum atomic E-state index is 0.418. The normalized spacial score (nSPS) is 11.0. The van der Waals surface area contributed by atoms with Crippen LogP contribution in [0, 0.1) is 4.77 Å². The lowest BCUT2D eigenvalue weighted by atomic mass is 10.2. The molecule has 0 aliphatic rings. The fourth-order valence-electron chi connectivity index (χ4n) is 2.08. The van der Waals surface area contributed by atoms with Gasteiger partial charge in [-0.3, -0.25) is 4.98 Å². The highest BCUT2D eigenvalue weighted by atomic mass is 32.1. The molecule has 0 aliphatic heterocycles. The molecule has 3 rings (SSSR count). The first-order chi connectivity index (χ1) is 11.3. The summed E-state index contributed by atoms with van der Waals surface area (Å²) in [6.45, 7) is 2.54. The SMILES string of the molecule is CCOc1ccccc1/C=N/n1c(-c2ccncc2)n[nH]c1=S. The van der Waals surface area contributed by atoms with Gasteiger partial charge in [0.25, 0.3) is 0 Å². The summed E-state index contributed by atoms with van der Waals surface area (Å²) in [4.78, 5) is 4.00. The van der Waals surface area contributed by atoms with Gasteiger partial charge in [-0.15, -0.1) is 0 Å². The molecule has 2 heterocycles. The number of para-hydroxylation sites is 1. The Kier molecular flexibility index (Phi) is 4.58. The van der Waals surface area contributed by atoms with Crippen LogP contribution in [0.1, 0.15) is 12.5 Å². The summed E-state index contributed by atoms with van der Waals surface area (Å²) in [5.41, 5.74) is 1.75. The van der Waals surface area contributed by atoms with Gasteiger partial charge in [0.1, 0.15) is 5.75 Å². The second kappa shape index (κ2) is 6.97. The molecule has 0 saturated heterocycles. The molecule has 0 aliphatic carbocycles. The minimum Gasteiger partial charge on any atom is -0.493 e. The third-order valence-electron chi connectivity index (χ3n) is 3.12. The number of benzene rings is 1. The Bertz CT molecular complexity index is 869. The van der Waals surface area contributed by atoms with Crippen LogP contribution in [0.15, 0.2) is 53.9 Å². The molecule has 1 aromatic carbocycles. The molecular weight excluding hydrogens is 310 g/mol. The van der Waals surface area contributed by atoms with Crippen LogP contribution in [0.25, 0.3) is 11.4 Å². The van der Waals surface area contributed by atoms with Crippen molar-refractivity contribution in [1.82, 2.24) is 19.9 Å². The molecule has 0 radical (unpaired) electrons. The van der Waals surface area contributed by atoms with E-state index >= 15 is 0 Å². The topological polar surface area (TPSA) is 68.1 Å². The van der Waals surface area contributed by atoms with E-state index in [4.69, 9.17) is 17.0 Å². The van der Waals surface area contributed by atoms with Crippen molar-refractivity contribution in [3.63, 3.8) is 0 Å². The first-order valence-electron chi connectivity index (χ1n) is 7.13. The van der Waals surface area contributed by atoms with Crippen LogP contribution in [-0.4, -0.2) is 32.7 Å². The number of aromatic nitrogens is 4. The van der Waals surface area contributed by atoms with Crippen LogP contribution in [0.5, 0.6) is 5.75 Å². The van der Waals surface area contributed by atoms with Crippen molar-refractivity contribution in [2.75, 3.05) is 6.61 Å². The van der Waals surface area contributed by atoms with E-state index in [1.807, 2.05) is 43.3 Å². The van der Waals surface area contributed by atoms with Crippen LogP contribution in [0.3, 0.4) is 0 Å². The van der Waals surface area contributed by atoms with Crippen molar-refractivity contribution in [2.45, 2.75) is 6.92 Å². The lowest BCUT2D eigenvalue weighted by Crippen LogP contribution is -1.98. The van der Waals surface area contributed by atoms with Crippen LogP contribution < -0.4 is 4.74 Å². The highest BCUT2D eigenvalue weighted by molar-refractivity contribution is 7.71. The molecule has 2 aromatic heterocycles. The molecule has 0 saturated carbocycles. The second-order valence-corrected chi connectivity index (χ2v) is 5.00. The summed E-state index contributed by atoms with van der Waals surface area (Å²) in [6.07, 6.45) is 5.11. The molecule has 0 fully saturated rings. The molecule has 3 aromatic rings. The van der Waals surface area contributed by atoms with Crippen molar-refractivity contribution < 1.29 is 4.74 Å². The largest absolute Gasteiger partial charge is 0.493 e. The maximum absolute atomic E-state index is 5.59. The number of ether oxygens (including phenoxy) is 1. The van der Waals surface area contributed by atoms with E-state index in [-0.39, 0.29) is 0 Å². The van der Waals surface area contributed by atoms with Gasteiger partial charge in [-0.1, -0.05) is 12.1 Å². The molecule has 0 unspecified atom stereocenters. The van der Waals surface area contributed by atoms with E-state index in [0.29, 0.717) is 17.2 Å². The van der Waals surface area contributed by atoms with Gasteiger partial charge in [0.15, 0.2) is 5.82 Å². The average molecular weight is 325 g/mol. The summed E-state index contributed by atoms with van der Waals surface area (Å²) < 4.78 is 7.59. The van der Waals surface area contributed by atoms with Gasteiger partial charge in [-0.25, -0.2) is 5.10 Å². The van der Waals surface area contributed by atoms with Crippen molar-refractivity contribution in [1.29, 1.82) is 0 Å². The number of hydrogen-bond acceptors (Lipinski definition) is 5. The van der Waals surface area contributed by atoms with Gasteiger partial charge in [0, 0.05) is 23.5 Å². The first-order valence-corrected chi connectivity index (χ1v) is 7.54. The minimum absolute atomic E-state index is 0.418. The number of H-pyrrole nitrogens is 1. The van der Waals surface area contributed by atoms with Crippen molar-refractivity contribution in [3.8, 4) is 17.1 Å². The Morgan fingerprint density at radius 1 is 1.26 bits per heavy atom. The lowest BCUT2D eigenvalue weighted by Gasteiger charge is -2.06. The fourth-order valence-corrected chi connectivity index (χ4v) is 2.26. The summed E-state index contributed by atoms with van der Waals surface area (Å²) >= 11 is 5.26. The van der Waals surface area contributed by atoms with Crippen molar-refractivity contribution in [2.24, 2.45) is 5.10 Å². The van der Waals surface area contributed by atoms with Crippen molar-refractivity contribution in [3.05, 3.63) is 59.1 Å². The molecule has 6 nitrogen and oxygen atoms in total. The summed E-state index contributed by atoms with van der Waals surface area (Å²) in [7, 11) is 0. The molecule has 0 bridgehead atoms. The van der Waals surface area contributed by atoms with Gasteiger partial charge in [0.05, 0.1) is 12.8 Å². The molecule has 23 heavy (non-hydrogen) atoms. The number of pyridine rings is 1. The van der Waals surface area contributed by atoms with Gasteiger partial charge >= 0.3 is 0 Å². The smallest absolute Gasteiger partial charge is 0.216 e. The van der Waals surface area contributed by atoms with Crippen LogP contribution in [-0.2, 0) is 0 Å². The number of rotatable bonds is 5. The molecule has 0 amide bonds. The van der Waals surface area contributed by atoms with Gasteiger partial charge in [-0.2, -0.15) is 14.9 Å². The van der Waals surface area contributed by atoms with E-state index in [9.17, 15) is 0 Å². The molecular formula is C16H15N5OS. The van der Waals surface area contributed by atoms with Crippen molar-refractivity contribution >= 4 is 18.4 Å². The zero-order valence-corrected chi connectivity index (χ0v) is 13.3. The van der Waals surface area contributed by atoms with Crippen LogP contribution in [0.2, 0.25) is 0 Å². The number of nitrogens with zero attached hydrogens (tertiary/aromatic N) is 4. The highest BCUT2D eigenvalue weighted by Gasteiger charge is 2.08. The number of nitrogens with one attached hydrogen (secondary N) is 1. The molecule has 0 spiro atoms. The predicted molar refractivity (Wildman–Crippen MR) is 91.2 cm³/mol. The fraction of sp³-hybridized carbons (Fsp3) is 0.125. The first kappa shape index (κ1) is 15.1. The average Bonchev–Trinajstić information content (AvgIpc) is 2.96. The predicted octanol–water partition coefficient (Wildman–Crippen LogP) is 3.28. The van der Waals surface area contributed by atoms with E-state index in [0.717, 1.165) is 16.9 Å². The quantitative estimate of drug-likeness (QED) is 0.577. The van der Waals surface area contributed by atoms with E-state index in [2.05, 4.69) is 20.3 Å². The molecule has 7 heteroatoms. The Morgan fingerprint density at radius 2 is 2.04 bits per heavy atom. The van der Waals surface area contributed by atoms with Crippen LogP contribution in [0.4, 0.5) is 0 Å². The van der Waals surface area contributed by atoms with E-state index < -0.39 is 0 Å². The summed E-state index contributed by atoms with van der Waals surface area (Å²) in [5, 5.41) is 11.4. The third kappa shape index (κ3) is 3.35. The number of aromatic amines is 1. The molecule has 0 atom stereocenters. The Morgan fingerprint density at radius 3 is 2.83 bits per heavy atom.